The number of nitrogens with zero attached hydrogens (tertiary/aromatic N) is 2. The second-order valence-electron chi connectivity index (χ2n) is 4.65. The Hall–Kier alpha value is -2.17. The fourth-order valence-electron chi connectivity index (χ4n) is 2.30. The van der Waals surface area contributed by atoms with E-state index >= 15 is 0 Å². The molecule has 0 spiro atoms. The number of nitrogens with two attached hydrogens (primary N) is 1. The summed E-state index contributed by atoms with van der Waals surface area (Å²) in [5, 5.41) is 1.10. The van der Waals surface area contributed by atoms with Gasteiger partial charge in [-0.15, -0.1) is 0 Å². The predicted molar refractivity (Wildman–Crippen MR) is 83.6 cm³/mol. The lowest BCUT2D eigenvalue weighted by atomic mass is 10.0. The number of rotatable bonds is 3. The minimum atomic E-state index is -0.398. The number of fused-ring (bicyclic) bond motifs is 1. The Bertz CT molecular complexity index is 791. The highest BCUT2D eigenvalue weighted by molar-refractivity contribution is 6.28. The normalized spacial score (nSPS) is 12.3. The van der Waals surface area contributed by atoms with Gasteiger partial charge in [0, 0.05) is 5.39 Å². The molecule has 0 saturated heterocycles. The van der Waals surface area contributed by atoms with Crippen molar-refractivity contribution in [2.24, 2.45) is 5.73 Å². The lowest BCUT2D eigenvalue weighted by Crippen LogP contribution is -2.14. The average molecular weight is 300 g/mol. The second kappa shape index (κ2) is 5.68. The zero-order chi connectivity index (χ0) is 14.8. The minimum Gasteiger partial charge on any atom is -0.497 e. The third kappa shape index (κ3) is 2.68. The molecule has 2 aromatic carbocycles. The predicted octanol–water partition coefficient (Wildman–Crippen LogP) is 3.34. The van der Waals surface area contributed by atoms with Gasteiger partial charge in [-0.25, -0.2) is 9.97 Å². The number of aromatic nitrogens is 2. The molecule has 1 unspecified atom stereocenters. The van der Waals surface area contributed by atoms with Crippen LogP contribution in [0.5, 0.6) is 5.75 Å². The summed E-state index contributed by atoms with van der Waals surface area (Å²) < 4.78 is 5.24. The van der Waals surface area contributed by atoms with Crippen molar-refractivity contribution in [2.45, 2.75) is 6.04 Å². The topological polar surface area (TPSA) is 61.0 Å². The van der Waals surface area contributed by atoms with E-state index in [4.69, 9.17) is 22.1 Å². The summed E-state index contributed by atoms with van der Waals surface area (Å²) >= 11 is 6.01. The van der Waals surface area contributed by atoms with E-state index in [2.05, 4.69) is 9.97 Å². The number of benzene rings is 2. The van der Waals surface area contributed by atoms with Crippen molar-refractivity contribution in [3.05, 3.63) is 65.1 Å². The number of hydrogen-bond acceptors (Lipinski definition) is 4. The number of halogens is 1. The van der Waals surface area contributed by atoms with Gasteiger partial charge in [0.05, 0.1) is 24.4 Å². The maximum Gasteiger partial charge on any atom is 0.223 e. The quantitative estimate of drug-likeness (QED) is 0.754. The summed E-state index contributed by atoms with van der Waals surface area (Å²) in [5.41, 5.74) is 8.77. The third-order valence-corrected chi connectivity index (χ3v) is 3.52. The van der Waals surface area contributed by atoms with Crippen LogP contribution in [0.2, 0.25) is 5.28 Å². The molecule has 1 aromatic heterocycles. The highest BCUT2D eigenvalue weighted by Gasteiger charge is 2.16. The first-order valence-electron chi connectivity index (χ1n) is 6.51. The molecular formula is C16H14ClN3O. The van der Waals surface area contributed by atoms with Gasteiger partial charge in [-0.3, -0.25) is 0 Å². The van der Waals surface area contributed by atoms with E-state index in [0.717, 1.165) is 22.2 Å². The van der Waals surface area contributed by atoms with E-state index < -0.39 is 6.04 Å². The molecular weight excluding hydrogens is 286 g/mol. The van der Waals surface area contributed by atoms with Gasteiger partial charge in [-0.1, -0.05) is 30.3 Å². The van der Waals surface area contributed by atoms with Crippen LogP contribution in [0, 0.1) is 0 Å². The summed E-state index contributed by atoms with van der Waals surface area (Å²) in [7, 11) is 1.63. The Kier molecular flexibility index (Phi) is 3.73. The van der Waals surface area contributed by atoms with Crippen LogP contribution in [0.4, 0.5) is 0 Å². The Morgan fingerprint density at radius 3 is 2.71 bits per heavy atom. The molecule has 21 heavy (non-hydrogen) atoms. The molecule has 0 aliphatic carbocycles. The van der Waals surface area contributed by atoms with E-state index in [1.807, 2.05) is 48.5 Å². The molecule has 3 aromatic rings. The van der Waals surface area contributed by atoms with Crippen LogP contribution in [-0.2, 0) is 0 Å². The lowest BCUT2D eigenvalue weighted by molar-refractivity contribution is 0.414. The average Bonchev–Trinajstić information content (AvgIpc) is 2.53. The van der Waals surface area contributed by atoms with Crippen LogP contribution in [0.25, 0.3) is 10.9 Å². The van der Waals surface area contributed by atoms with Crippen LogP contribution in [0.1, 0.15) is 17.3 Å². The minimum absolute atomic E-state index is 0.196. The molecule has 0 saturated carbocycles. The van der Waals surface area contributed by atoms with Gasteiger partial charge < -0.3 is 10.5 Å². The smallest absolute Gasteiger partial charge is 0.223 e. The van der Waals surface area contributed by atoms with E-state index in [1.165, 1.54) is 0 Å². The number of hydrogen-bond donors (Lipinski definition) is 1. The maximum absolute atomic E-state index is 6.37. The van der Waals surface area contributed by atoms with E-state index in [9.17, 15) is 0 Å². The largest absolute Gasteiger partial charge is 0.497 e. The van der Waals surface area contributed by atoms with E-state index in [0.29, 0.717) is 5.69 Å². The molecule has 0 aliphatic rings. The van der Waals surface area contributed by atoms with Gasteiger partial charge in [0.2, 0.25) is 5.28 Å². The van der Waals surface area contributed by atoms with Crippen molar-refractivity contribution in [1.29, 1.82) is 0 Å². The lowest BCUT2D eigenvalue weighted by Gasteiger charge is -2.15. The fraction of sp³-hybridized carbons (Fsp3) is 0.125. The molecule has 0 bridgehead atoms. The second-order valence-corrected chi connectivity index (χ2v) is 4.99. The first-order valence-corrected chi connectivity index (χ1v) is 6.88. The SMILES string of the molecule is COc1cccc(C(N)c2nc(Cl)nc3ccccc23)c1. The molecule has 3 rings (SSSR count). The first-order chi connectivity index (χ1) is 10.2. The van der Waals surface area contributed by atoms with Crippen LogP contribution < -0.4 is 10.5 Å². The summed E-state index contributed by atoms with van der Waals surface area (Å²) in [5.74, 6) is 0.757. The van der Waals surface area contributed by atoms with Crippen molar-refractivity contribution < 1.29 is 4.74 Å². The molecule has 106 valence electrons. The molecule has 2 N–H and O–H groups in total. The maximum atomic E-state index is 6.37. The summed E-state index contributed by atoms with van der Waals surface area (Å²) in [6.45, 7) is 0. The van der Waals surface area contributed by atoms with Crippen molar-refractivity contribution >= 4 is 22.5 Å². The summed E-state index contributed by atoms with van der Waals surface area (Å²) in [4.78, 5) is 8.54. The molecule has 0 aliphatic heterocycles. The zero-order valence-electron chi connectivity index (χ0n) is 11.5. The Morgan fingerprint density at radius 2 is 1.90 bits per heavy atom. The van der Waals surface area contributed by atoms with Crippen molar-refractivity contribution in [1.82, 2.24) is 9.97 Å². The van der Waals surface area contributed by atoms with Gasteiger partial charge >= 0.3 is 0 Å². The van der Waals surface area contributed by atoms with Crippen LogP contribution in [0.3, 0.4) is 0 Å². The summed E-state index contributed by atoms with van der Waals surface area (Å²) in [6, 6.07) is 14.9. The fourth-order valence-corrected chi connectivity index (χ4v) is 2.48. The van der Waals surface area contributed by atoms with Gasteiger partial charge in [0.1, 0.15) is 5.75 Å². The Balaban J connectivity index is 2.14. The van der Waals surface area contributed by atoms with Crippen molar-refractivity contribution in [3.63, 3.8) is 0 Å². The molecule has 0 amide bonds. The molecule has 5 heteroatoms. The van der Waals surface area contributed by atoms with Gasteiger partial charge in [-0.05, 0) is 35.4 Å². The van der Waals surface area contributed by atoms with Gasteiger partial charge in [-0.2, -0.15) is 0 Å². The first kappa shape index (κ1) is 13.8. The standard InChI is InChI=1S/C16H14ClN3O/c1-21-11-6-4-5-10(9-11)14(18)15-12-7-2-3-8-13(12)19-16(17)20-15/h2-9,14H,18H2,1H3. The summed E-state index contributed by atoms with van der Waals surface area (Å²) in [6.07, 6.45) is 0. The Morgan fingerprint density at radius 1 is 1.10 bits per heavy atom. The van der Waals surface area contributed by atoms with Crippen LogP contribution in [0.15, 0.2) is 48.5 Å². The highest BCUT2D eigenvalue weighted by Crippen LogP contribution is 2.27. The van der Waals surface area contributed by atoms with Crippen molar-refractivity contribution in [2.75, 3.05) is 7.11 Å². The third-order valence-electron chi connectivity index (χ3n) is 3.35. The Labute approximate surface area is 127 Å². The van der Waals surface area contributed by atoms with Gasteiger partial charge in [0.15, 0.2) is 0 Å². The number of para-hydroxylation sites is 1. The van der Waals surface area contributed by atoms with Crippen LogP contribution in [-0.4, -0.2) is 17.1 Å². The van der Waals surface area contributed by atoms with E-state index in [1.54, 1.807) is 7.11 Å². The monoisotopic (exact) mass is 299 g/mol. The van der Waals surface area contributed by atoms with Crippen LogP contribution >= 0.6 is 11.6 Å². The molecule has 4 nitrogen and oxygen atoms in total. The molecule has 1 atom stereocenters. The molecule has 0 fully saturated rings. The van der Waals surface area contributed by atoms with Crippen molar-refractivity contribution in [3.8, 4) is 5.75 Å². The zero-order valence-corrected chi connectivity index (χ0v) is 12.2. The number of ether oxygens (including phenoxy) is 1. The molecule has 1 heterocycles. The molecule has 0 radical (unpaired) electrons. The van der Waals surface area contributed by atoms with Gasteiger partial charge in [0.25, 0.3) is 0 Å². The van der Waals surface area contributed by atoms with E-state index in [-0.39, 0.29) is 5.28 Å². The number of methoxy groups -OCH3 is 1. The highest BCUT2D eigenvalue weighted by atomic mass is 35.5.